The number of aryl methyl sites for hydroxylation is 1. The lowest BCUT2D eigenvalue weighted by Gasteiger charge is -2.17. The zero-order chi connectivity index (χ0) is 14.3. The summed E-state index contributed by atoms with van der Waals surface area (Å²) in [7, 11) is -1.98. The SMILES string of the molecule is CCc1ccc(CNS(=O)(=O)N(C)CCCO)cc1. The van der Waals surface area contributed by atoms with Crippen molar-refractivity contribution in [2.45, 2.75) is 26.3 Å². The molecule has 0 amide bonds. The molecule has 1 aromatic rings. The highest BCUT2D eigenvalue weighted by molar-refractivity contribution is 7.87. The van der Waals surface area contributed by atoms with Crippen LogP contribution in [-0.2, 0) is 23.2 Å². The Balaban J connectivity index is 2.54. The molecule has 19 heavy (non-hydrogen) atoms. The lowest BCUT2D eigenvalue weighted by Crippen LogP contribution is -2.38. The first-order valence-corrected chi connectivity index (χ1v) is 7.83. The van der Waals surface area contributed by atoms with Crippen molar-refractivity contribution in [2.24, 2.45) is 0 Å². The zero-order valence-electron chi connectivity index (χ0n) is 11.5. The second kappa shape index (κ2) is 7.59. The van der Waals surface area contributed by atoms with Gasteiger partial charge in [-0.2, -0.15) is 17.4 Å². The van der Waals surface area contributed by atoms with Gasteiger partial charge >= 0.3 is 0 Å². The van der Waals surface area contributed by atoms with E-state index < -0.39 is 10.2 Å². The predicted molar refractivity (Wildman–Crippen MR) is 75.9 cm³/mol. The summed E-state index contributed by atoms with van der Waals surface area (Å²) in [5.41, 5.74) is 2.16. The first-order valence-electron chi connectivity index (χ1n) is 6.39. The topological polar surface area (TPSA) is 69.6 Å². The lowest BCUT2D eigenvalue weighted by atomic mass is 10.1. The van der Waals surface area contributed by atoms with E-state index in [1.165, 1.54) is 16.9 Å². The Hall–Kier alpha value is -0.950. The molecule has 0 heterocycles. The van der Waals surface area contributed by atoms with Crippen molar-refractivity contribution in [2.75, 3.05) is 20.2 Å². The summed E-state index contributed by atoms with van der Waals surface area (Å²) in [6.07, 6.45) is 1.40. The van der Waals surface area contributed by atoms with Crippen LogP contribution in [-0.4, -0.2) is 38.0 Å². The molecule has 0 bridgehead atoms. The van der Waals surface area contributed by atoms with E-state index in [1.807, 2.05) is 24.3 Å². The second-order valence-electron chi connectivity index (χ2n) is 4.39. The minimum Gasteiger partial charge on any atom is -0.396 e. The van der Waals surface area contributed by atoms with Crippen LogP contribution < -0.4 is 4.72 Å². The number of benzene rings is 1. The molecule has 0 aliphatic heterocycles. The van der Waals surface area contributed by atoms with E-state index in [0.717, 1.165) is 12.0 Å². The second-order valence-corrected chi connectivity index (χ2v) is 6.26. The summed E-state index contributed by atoms with van der Waals surface area (Å²) >= 11 is 0. The van der Waals surface area contributed by atoms with Gasteiger partial charge in [-0.3, -0.25) is 0 Å². The molecule has 0 saturated carbocycles. The van der Waals surface area contributed by atoms with Crippen molar-refractivity contribution in [3.63, 3.8) is 0 Å². The van der Waals surface area contributed by atoms with Crippen molar-refractivity contribution < 1.29 is 13.5 Å². The fourth-order valence-corrected chi connectivity index (χ4v) is 2.53. The Morgan fingerprint density at radius 2 is 1.79 bits per heavy atom. The lowest BCUT2D eigenvalue weighted by molar-refractivity contribution is 0.275. The fourth-order valence-electron chi connectivity index (χ4n) is 1.59. The van der Waals surface area contributed by atoms with E-state index in [2.05, 4.69) is 11.6 Å². The maximum absolute atomic E-state index is 11.9. The van der Waals surface area contributed by atoms with Gasteiger partial charge in [0.1, 0.15) is 0 Å². The maximum Gasteiger partial charge on any atom is 0.279 e. The van der Waals surface area contributed by atoms with Crippen LogP contribution in [0.1, 0.15) is 24.5 Å². The van der Waals surface area contributed by atoms with Crippen LogP contribution in [0.5, 0.6) is 0 Å². The Labute approximate surface area is 115 Å². The van der Waals surface area contributed by atoms with Crippen LogP contribution in [0.15, 0.2) is 24.3 Å². The standard InChI is InChI=1S/C13H22N2O3S/c1-3-12-5-7-13(8-6-12)11-14-19(17,18)15(2)9-4-10-16/h5-8,14,16H,3-4,9-11H2,1-2H3. The zero-order valence-corrected chi connectivity index (χ0v) is 12.3. The first kappa shape index (κ1) is 16.1. The van der Waals surface area contributed by atoms with Gasteiger partial charge in [0.15, 0.2) is 0 Å². The van der Waals surface area contributed by atoms with Crippen LogP contribution in [0.2, 0.25) is 0 Å². The van der Waals surface area contributed by atoms with E-state index in [1.54, 1.807) is 0 Å². The molecule has 0 aliphatic carbocycles. The third kappa shape index (κ3) is 5.28. The third-order valence-electron chi connectivity index (χ3n) is 2.93. The molecular weight excluding hydrogens is 264 g/mol. The molecule has 2 N–H and O–H groups in total. The molecule has 6 heteroatoms. The quantitative estimate of drug-likeness (QED) is 0.746. The highest BCUT2D eigenvalue weighted by Crippen LogP contribution is 2.06. The fraction of sp³-hybridized carbons (Fsp3) is 0.538. The molecule has 5 nitrogen and oxygen atoms in total. The van der Waals surface area contributed by atoms with Crippen molar-refractivity contribution in [3.05, 3.63) is 35.4 Å². The van der Waals surface area contributed by atoms with Gasteiger partial charge in [0.25, 0.3) is 10.2 Å². The summed E-state index contributed by atoms with van der Waals surface area (Å²) < 4.78 is 27.5. The minimum absolute atomic E-state index is 0.0155. The van der Waals surface area contributed by atoms with Gasteiger partial charge in [-0.15, -0.1) is 0 Å². The maximum atomic E-state index is 11.9. The average molecular weight is 286 g/mol. The van der Waals surface area contributed by atoms with Crippen LogP contribution in [0.4, 0.5) is 0 Å². The number of hydrogen-bond donors (Lipinski definition) is 2. The molecule has 0 radical (unpaired) electrons. The van der Waals surface area contributed by atoms with Crippen molar-refractivity contribution >= 4 is 10.2 Å². The van der Waals surface area contributed by atoms with E-state index in [4.69, 9.17) is 5.11 Å². The van der Waals surface area contributed by atoms with Crippen LogP contribution >= 0.6 is 0 Å². The van der Waals surface area contributed by atoms with Crippen LogP contribution in [0, 0.1) is 0 Å². The Morgan fingerprint density at radius 1 is 1.21 bits per heavy atom. The average Bonchev–Trinajstić information content (AvgIpc) is 2.43. The largest absolute Gasteiger partial charge is 0.396 e. The molecule has 0 saturated heterocycles. The van der Waals surface area contributed by atoms with E-state index in [-0.39, 0.29) is 13.2 Å². The highest BCUT2D eigenvalue weighted by atomic mass is 32.2. The molecule has 0 unspecified atom stereocenters. The van der Waals surface area contributed by atoms with E-state index >= 15 is 0 Å². The Kier molecular flexibility index (Phi) is 6.44. The molecule has 0 atom stereocenters. The van der Waals surface area contributed by atoms with Crippen molar-refractivity contribution in [1.82, 2.24) is 9.03 Å². The number of aliphatic hydroxyl groups excluding tert-OH is 1. The first-order chi connectivity index (χ1) is 8.99. The molecule has 0 fully saturated rings. The van der Waals surface area contributed by atoms with Crippen molar-refractivity contribution in [3.8, 4) is 0 Å². The monoisotopic (exact) mass is 286 g/mol. The predicted octanol–water partition coefficient (Wildman–Crippen LogP) is 0.898. The van der Waals surface area contributed by atoms with Gasteiger partial charge in [0, 0.05) is 26.7 Å². The summed E-state index contributed by atoms with van der Waals surface area (Å²) in [4.78, 5) is 0. The summed E-state index contributed by atoms with van der Waals surface area (Å²) in [6, 6.07) is 7.85. The van der Waals surface area contributed by atoms with Gasteiger partial charge in [0.2, 0.25) is 0 Å². The molecule has 1 rings (SSSR count). The number of nitrogens with zero attached hydrogens (tertiary/aromatic N) is 1. The normalized spacial score (nSPS) is 12.0. The Bertz CT molecular complexity index is 471. The molecule has 0 spiro atoms. The number of hydrogen-bond acceptors (Lipinski definition) is 3. The van der Waals surface area contributed by atoms with Crippen molar-refractivity contribution in [1.29, 1.82) is 0 Å². The Morgan fingerprint density at radius 3 is 2.32 bits per heavy atom. The molecule has 1 aromatic carbocycles. The number of aliphatic hydroxyl groups is 1. The number of rotatable bonds is 8. The van der Waals surface area contributed by atoms with Gasteiger partial charge in [0.05, 0.1) is 0 Å². The summed E-state index contributed by atoms with van der Waals surface area (Å²) in [5.74, 6) is 0. The van der Waals surface area contributed by atoms with Gasteiger partial charge in [-0.1, -0.05) is 31.2 Å². The van der Waals surface area contributed by atoms with Crippen LogP contribution in [0.25, 0.3) is 0 Å². The number of nitrogens with one attached hydrogen (secondary N) is 1. The van der Waals surface area contributed by atoms with Crippen LogP contribution in [0.3, 0.4) is 0 Å². The van der Waals surface area contributed by atoms with E-state index in [0.29, 0.717) is 13.0 Å². The molecular formula is C13H22N2O3S. The molecule has 0 aromatic heterocycles. The van der Waals surface area contributed by atoms with Gasteiger partial charge < -0.3 is 5.11 Å². The third-order valence-corrected chi connectivity index (χ3v) is 4.44. The highest BCUT2D eigenvalue weighted by Gasteiger charge is 2.16. The van der Waals surface area contributed by atoms with E-state index in [9.17, 15) is 8.42 Å². The van der Waals surface area contributed by atoms with Gasteiger partial charge in [-0.25, -0.2) is 0 Å². The summed E-state index contributed by atoms with van der Waals surface area (Å²) in [5, 5.41) is 8.70. The van der Waals surface area contributed by atoms with Gasteiger partial charge in [-0.05, 0) is 24.0 Å². The minimum atomic E-state index is -3.47. The molecule has 108 valence electrons. The smallest absolute Gasteiger partial charge is 0.279 e. The molecule has 0 aliphatic rings. The summed E-state index contributed by atoms with van der Waals surface area (Å²) in [6.45, 7) is 2.64.